The van der Waals surface area contributed by atoms with Crippen molar-refractivity contribution in [2.45, 2.75) is 33.1 Å². The van der Waals surface area contributed by atoms with Crippen LogP contribution in [0.15, 0.2) is 24.3 Å². The predicted octanol–water partition coefficient (Wildman–Crippen LogP) is 3.14. The van der Waals surface area contributed by atoms with Crippen molar-refractivity contribution in [2.24, 2.45) is 0 Å². The molecule has 0 atom stereocenters. The number of rotatable bonds is 3. The summed E-state index contributed by atoms with van der Waals surface area (Å²) in [4.78, 5) is 16.7. The number of nitrogens with one attached hydrogen (secondary N) is 2. The Balaban J connectivity index is 0. The van der Waals surface area contributed by atoms with Crippen molar-refractivity contribution in [3.8, 4) is 0 Å². The second-order valence-corrected chi connectivity index (χ2v) is 3.23. The Bertz CT molecular complexity index is 351. The van der Waals surface area contributed by atoms with Crippen LogP contribution in [0, 0.1) is 17.7 Å². The molecule has 1 aromatic carbocycles. The summed E-state index contributed by atoms with van der Waals surface area (Å²) in [7, 11) is 0. The molecule has 1 aromatic rings. The molecule has 17 heavy (non-hydrogen) atoms. The van der Waals surface area contributed by atoms with Crippen molar-refractivity contribution in [1.82, 2.24) is 0 Å². The lowest BCUT2D eigenvalue weighted by Gasteiger charge is -2.02. The summed E-state index contributed by atoms with van der Waals surface area (Å²) >= 11 is 0. The Kier molecular flexibility index (Phi) is 14.3. The minimum absolute atomic E-state index is 0.750. The zero-order valence-corrected chi connectivity index (χ0v) is 10.2. The predicted molar refractivity (Wildman–Crippen MR) is 66.6 cm³/mol. The summed E-state index contributed by atoms with van der Waals surface area (Å²) in [6.45, 7) is 4.42. The van der Waals surface area contributed by atoms with Gasteiger partial charge in [-0.15, -0.1) is 0 Å². The van der Waals surface area contributed by atoms with E-state index < -0.39 is 0 Å². The zero-order valence-electron chi connectivity index (χ0n) is 10.2. The SMILES string of the molecule is CCCCc1ccccc1C.N=C=O.N=C=O. The van der Waals surface area contributed by atoms with Gasteiger partial charge in [0, 0.05) is 0 Å². The van der Waals surface area contributed by atoms with Gasteiger partial charge in [-0.3, -0.25) is 0 Å². The van der Waals surface area contributed by atoms with E-state index in [2.05, 4.69) is 38.1 Å². The van der Waals surface area contributed by atoms with E-state index in [1.54, 1.807) is 0 Å². The van der Waals surface area contributed by atoms with Gasteiger partial charge in [-0.1, -0.05) is 37.6 Å². The molecule has 0 radical (unpaired) electrons. The largest absolute Gasteiger partial charge is 0.231 e. The molecule has 0 spiro atoms. The molecule has 0 fully saturated rings. The standard InChI is InChI=1S/C11H16.2CHNO/c1-3-4-8-11-9-6-5-7-10(11)2;2*2-1-3/h5-7,9H,3-4,8H2,1-2H3;2*2H. The topological polar surface area (TPSA) is 81.8 Å². The van der Waals surface area contributed by atoms with Crippen LogP contribution in [0.4, 0.5) is 0 Å². The van der Waals surface area contributed by atoms with Crippen LogP contribution in [0.25, 0.3) is 0 Å². The van der Waals surface area contributed by atoms with E-state index in [0.29, 0.717) is 0 Å². The van der Waals surface area contributed by atoms with Gasteiger partial charge in [0.05, 0.1) is 0 Å². The molecule has 0 aromatic heterocycles. The van der Waals surface area contributed by atoms with Crippen LogP contribution in [0.2, 0.25) is 0 Å². The van der Waals surface area contributed by atoms with Crippen LogP contribution in [-0.2, 0) is 16.0 Å². The molecule has 0 heterocycles. The summed E-state index contributed by atoms with van der Waals surface area (Å²) < 4.78 is 0. The monoisotopic (exact) mass is 234 g/mol. The Hall–Kier alpha value is -2.02. The number of hydrogen-bond donors (Lipinski definition) is 2. The molecule has 92 valence electrons. The lowest BCUT2D eigenvalue weighted by atomic mass is 10.0. The first kappa shape index (κ1) is 17.4. The maximum atomic E-state index is 8.35. The number of unbranched alkanes of at least 4 members (excludes halogenated alkanes) is 1. The van der Waals surface area contributed by atoms with E-state index in [4.69, 9.17) is 20.4 Å². The molecule has 0 aliphatic carbocycles. The molecule has 4 heteroatoms. The maximum absolute atomic E-state index is 8.35. The molecule has 4 nitrogen and oxygen atoms in total. The van der Waals surface area contributed by atoms with Gasteiger partial charge in [-0.25, -0.2) is 20.4 Å². The average Bonchev–Trinajstić information content (AvgIpc) is 2.30. The molecule has 1 rings (SSSR count). The smallest absolute Gasteiger partial charge is 0.222 e. The minimum Gasteiger partial charge on any atom is -0.222 e. The van der Waals surface area contributed by atoms with E-state index in [-0.39, 0.29) is 0 Å². The highest BCUT2D eigenvalue weighted by atomic mass is 16.1. The molecule has 0 saturated carbocycles. The maximum Gasteiger partial charge on any atom is 0.231 e. The van der Waals surface area contributed by atoms with Gasteiger partial charge in [-0.05, 0) is 30.9 Å². The Morgan fingerprint density at radius 3 is 2.00 bits per heavy atom. The summed E-state index contributed by atoms with van der Waals surface area (Å²) in [6.07, 6.45) is 5.34. The molecule has 0 bridgehead atoms. The minimum atomic E-state index is 0.750. The first-order valence-electron chi connectivity index (χ1n) is 5.30. The highest BCUT2D eigenvalue weighted by molar-refractivity contribution is 5.26. The van der Waals surface area contributed by atoms with Gasteiger partial charge in [-0.2, -0.15) is 0 Å². The highest BCUT2D eigenvalue weighted by Gasteiger charge is 1.94. The summed E-state index contributed by atoms with van der Waals surface area (Å²) in [5.41, 5.74) is 2.94. The van der Waals surface area contributed by atoms with E-state index in [0.717, 1.165) is 12.2 Å². The molecule has 0 amide bonds. The van der Waals surface area contributed by atoms with E-state index in [9.17, 15) is 0 Å². The van der Waals surface area contributed by atoms with Crippen molar-refractivity contribution in [3.63, 3.8) is 0 Å². The van der Waals surface area contributed by atoms with Crippen molar-refractivity contribution < 1.29 is 9.59 Å². The highest BCUT2D eigenvalue weighted by Crippen LogP contribution is 2.09. The lowest BCUT2D eigenvalue weighted by Crippen LogP contribution is -1.87. The molecular formula is C13H18N2O2. The van der Waals surface area contributed by atoms with Gasteiger partial charge >= 0.3 is 0 Å². The van der Waals surface area contributed by atoms with Gasteiger partial charge in [0.25, 0.3) is 0 Å². The normalized spacial score (nSPS) is 7.41. The summed E-state index contributed by atoms with van der Waals surface area (Å²) in [5, 5.41) is 10.8. The molecule has 0 aliphatic rings. The van der Waals surface area contributed by atoms with Gasteiger partial charge < -0.3 is 0 Å². The Morgan fingerprint density at radius 2 is 1.59 bits per heavy atom. The number of aryl methyl sites for hydroxylation is 2. The average molecular weight is 234 g/mol. The van der Waals surface area contributed by atoms with Crippen molar-refractivity contribution >= 4 is 12.2 Å². The van der Waals surface area contributed by atoms with Crippen molar-refractivity contribution in [3.05, 3.63) is 35.4 Å². The fourth-order valence-electron chi connectivity index (χ4n) is 1.26. The molecule has 0 unspecified atom stereocenters. The number of isocyanates is 2. The fourth-order valence-corrected chi connectivity index (χ4v) is 1.26. The van der Waals surface area contributed by atoms with Crippen LogP contribution in [0.1, 0.15) is 30.9 Å². The molecule has 0 saturated heterocycles. The lowest BCUT2D eigenvalue weighted by molar-refractivity contribution is 0.562. The third-order valence-corrected chi connectivity index (χ3v) is 2.06. The molecule has 2 N–H and O–H groups in total. The van der Waals surface area contributed by atoms with Crippen LogP contribution < -0.4 is 0 Å². The number of carbonyl (C=O) groups excluding carboxylic acids is 2. The zero-order chi connectivity index (χ0) is 13.5. The first-order chi connectivity index (χ1) is 8.17. The van der Waals surface area contributed by atoms with Gasteiger partial charge in [0.2, 0.25) is 12.2 Å². The molecule has 0 aliphatic heterocycles. The van der Waals surface area contributed by atoms with E-state index in [1.807, 2.05) is 0 Å². The summed E-state index contributed by atoms with van der Waals surface area (Å²) in [5.74, 6) is 0. The quantitative estimate of drug-likeness (QED) is 0.622. The van der Waals surface area contributed by atoms with Gasteiger partial charge in [0.15, 0.2) is 0 Å². The third-order valence-electron chi connectivity index (χ3n) is 2.06. The first-order valence-corrected chi connectivity index (χ1v) is 5.30. The second-order valence-electron chi connectivity index (χ2n) is 3.23. The second kappa shape index (κ2) is 14.0. The van der Waals surface area contributed by atoms with E-state index in [1.165, 1.54) is 30.4 Å². The summed E-state index contributed by atoms with van der Waals surface area (Å²) in [6, 6.07) is 8.64. The van der Waals surface area contributed by atoms with Crippen molar-refractivity contribution in [2.75, 3.05) is 0 Å². The third kappa shape index (κ3) is 11.9. The molecular weight excluding hydrogens is 216 g/mol. The fraction of sp³-hybridized carbons (Fsp3) is 0.385. The Morgan fingerprint density at radius 1 is 1.12 bits per heavy atom. The van der Waals surface area contributed by atoms with Crippen LogP contribution in [0.5, 0.6) is 0 Å². The number of benzene rings is 1. The van der Waals surface area contributed by atoms with E-state index >= 15 is 0 Å². The Labute approximate surface area is 102 Å². The van der Waals surface area contributed by atoms with Crippen LogP contribution in [0.3, 0.4) is 0 Å². The van der Waals surface area contributed by atoms with Crippen LogP contribution >= 0.6 is 0 Å². The van der Waals surface area contributed by atoms with Gasteiger partial charge in [0.1, 0.15) is 0 Å². The number of hydrogen-bond acceptors (Lipinski definition) is 4. The van der Waals surface area contributed by atoms with Crippen LogP contribution in [-0.4, -0.2) is 12.2 Å². The van der Waals surface area contributed by atoms with Crippen molar-refractivity contribution in [1.29, 1.82) is 10.8 Å².